The van der Waals surface area contributed by atoms with Crippen molar-refractivity contribution in [1.82, 2.24) is 10.2 Å². The molecule has 3 nitrogen and oxygen atoms in total. The first kappa shape index (κ1) is 17.0. The summed E-state index contributed by atoms with van der Waals surface area (Å²) in [6, 6.07) is 9.19. The maximum Gasteiger partial charge on any atom is 0.118 e. The average Bonchev–Trinajstić information content (AvgIpc) is 2.37. The van der Waals surface area contributed by atoms with E-state index >= 15 is 0 Å². The third-order valence-corrected chi connectivity index (χ3v) is 3.44. The summed E-state index contributed by atoms with van der Waals surface area (Å²) < 4.78 is 5.21. The molecule has 0 aromatic heterocycles. The van der Waals surface area contributed by atoms with Crippen LogP contribution in [0.5, 0.6) is 5.75 Å². The molecule has 1 aromatic rings. The Morgan fingerprint density at radius 2 is 1.70 bits per heavy atom. The van der Waals surface area contributed by atoms with Gasteiger partial charge in [-0.3, -0.25) is 0 Å². The van der Waals surface area contributed by atoms with Gasteiger partial charge in [-0.1, -0.05) is 26.0 Å². The molecule has 0 amide bonds. The summed E-state index contributed by atoms with van der Waals surface area (Å²) in [6.07, 6.45) is 1.19. The van der Waals surface area contributed by atoms with E-state index in [0.29, 0.717) is 18.0 Å². The zero-order chi connectivity index (χ0) is 15.1. The van der Waals surface area contributed by atoms with Gasteiger partial charge in [0, 0.05) is 18.6 Å². The second-order valence-electron chi connectivity index (χ2n) is 6.25. The van der Waals surface area contributed by atoms with Crippen LogP contribution in [0, 0.1) is 5.92 Å². The van der Waals surface area contributed by atoms with Crippen LogP contribution < -0.4 is 10.1 Å². The number of benzene rings is 1. The fourth-order valence-electron chi connectivity index (χ4n) is 2.55. The van der Waals surface area contributed by atoms with Crippen LogP contribution in [0.2, 0.25) is 0 Å². The number of likely N-dealkylation sites (N-methyl/N-ethyl adjacent to an activating group) is 1. The second kappa shape index (κ2) is 8.28. The molecule has 0 fully saturated rings. The SMILES string of the molecule is COc1ccc(C(C)NC(CC(C)C)CN(C)C)cc1. The smallest absolute Gasteiger partial charge is 0.118 e. The molecule has 0 aliphatic heterocycles. The van der Waals surface area contributed by atoms with E-state index in [1.54, 1.807) is 7.11 Å². The van der Waals surface area contributed by atoms with E-state index in [4.69, 9.17) is 4.74 Å². The minimum atomic E-state index is 0.351. The first-order valence-corrected chi connectivity index (χ1v) is 7.47. The number of nitrogens with zero attached hydrogens (tertiary/aromatic N) is 1. The maximum atomic E-state index is 5.21. The van der Waals surface area contributed by atoms with Gasteiger partial charge in [0.2, 0.25) is 0 Å². The minimum absolute atomic E-state index is 0.351. The summed E-state index contributed by atoms with van der Waals surface area (Å²) in [5.74, 6) is 1.61. The van der Waals surface area contributed by atoms with Crippen LogP contribution in [0.1, 0.15) is 38.8 Å². The number of hydrogen-bond acceptors (Lipinski definition) is 3. The average molecular weight is 278 g/mol. The summed E-state index contributed by atoms with van der Waals surface area (Å²) in [7, 11) is 5.96. The molecule has 20 heavy (non-hydrogen) atoms. The van der Waals surface area contributed by atoms with Gasteiger partial charge in [0.05, 0.1) is 7.11 Å². The van der Waals surface area contributed by atoms with Gasteiger partial charge in [0.1, 0.15) is 5.75 Å². The van der Waals surface area contributed by atoms with Crippen molar-refractivity contribution < 1.29 is 4.74 Å². The Kier molecular flexibility index (Phi) is 7.03. The van der Waals surface area contributed by atoms with Gasteiger partial charge in [0.25, 0.3) is 0 Å². The monoisotopic (exact) mass is 278 g/mol. The molecule has 114 valence electrons. The summed E-state index contributed by atoms with van der Waals surface area (Å²) >= 11 is 0. The van der Waals surface area contributed by atoms with Gasteiger partial charge in [0.15, 0.2) is 0 Å². The highest BCUT2D eigenvalue weighted by atomic mass is 16.5. The fourth-order valence-corrected chi connectivity index (χ4v) is 2.55. The van der Waals surface area contributed by atoms with Crippen LogP contribution in [-0.2, 0) is 0 Å². The van der Waals surface area contributed by atoms with Crippen LogP contribution >= 0.6 is 0 Å². The first-order chi connectivity index (χ1) is 9.42. The number of nitrogens with one attached hydrogen (secondary N) is 1. The van der Waals surface area contributed by atoms with Crippen LogP contribution in [0.3, 0.4) is 0 Å². The first-order valence-electron chi connectivity index (χ1n) is 7.47. The lowest BCUT2D eigenvalue weighted by molar-refractivity contribution is 0.291. The van der Waals surface area contributed by atoms with E-state index in [1.165, 1.54) is 12.0 Å². The van der Waals surface area contributed by atoms with Crippen molar-refractivity contribution in [2.75, 3.05) is 27.7 Å². The summed E-state index contributed by atoms with van der Waals surface area (Å²) in [5, 5.41) is 3.75. The van der Waals surface area contributed by atoms with Crippen molar-refractivity contribution >= 4 is 0 Å². The molecule has 0 radical (unpaired) electrons. The van der Waals surface area contributed by atoms with E-state index in [0.717, 1.165) is 12.3 Å². The van der Waals surface area contributed by atoms with Crippen molar-refractivity contribution in [2.45, 2.75) is 39.3 Å². The molecule has 0 spiro atoms. The molecule has 0 saturated heterocycles. The molecule has 0 aliphatic rings. The highest BCUT2D eigenvalue weighted by Crippen LogP contribution is 2.19. The van der Waals surface area contributed by atoms with Gasteiger partial charge in [-0.25, -0.2) is 0 Å². The predicted octanol–water partition coefficient (Wildman–Crippen LogP) is 3.32. The van der Waals surface area contributed by atoms with Crippen LogP contribution in [0.25, 0.3) is 0 Å². The van der Waals surface area contributed by atoms with Gasteiger partial charge in [-0.05, 0) is 51.1 Å². The Hall–Kier alpha value is -1.06. The Bertz CT molecular complexity index is 363. The normalized spacial score (nSPS) is 14.6. The third-order valence-electron chi connectivity index (χ3n) is 3.44. The van der Waals surface area contributed by atoms with Crippen LogP contribution in [0.15, 0.2) is 24.3 Å². The van der Waals surface area contributed by atoms with Crippen molar-refractivity contribution in [3.63, 3.8) is 0 Å². The quantitative estimate of drug-likeness (QED) is 0.789. The maximum absolute atomic E-state index is 5.21. The molecule has 1 aromatic carbocycles. The van der Waals surface area contributed by atoms with Crippen LogP contribution in [-0.4, -0.2) is 38.7 Å². The lowest BCUT2D eigenvalue weighted by Gasteiger charge is -2.27. The van der Waals surface area contributed by atoms with Crippen molar-refractivity contribution in [3.8, 4) is 5.75 Å². The topological polar surface area (TPSA) is 24.5 Å². The van der Waals surface area contributed by atoms with Crippen molar-refractivity contribution in [3.05, 3.63) is 29.8 Å². The summed E-state index contributed by atoms with van der Waals surface area (Å²) in [5.41, 5.74) is 1.30. The fraction of sp³-hybridized carbons (Fsp3) is 0.647. The highest BCUT2D eigenvalue weighted by molar-refractivity contribution is 5.28. The Balaban J connectivity index is 2.65. The van der Waals surface area contributed by atoms with Crippen LogP contribution in [0.4, 0.5) is 0 Å². The van der Waals surface area contributed by atoms with E-state index in [9.17, 15) is 0 Å². The summed E-state index contributed by atoms with van der Waals surface area (Å²) in [6.45, 7) is 7.86. The minimum Gasteiger partial charge on any atom is -0.497 e. The zero-order valence-electron chi connectivity index (χ0n) is 13.8. The van der Waals surface area contributed by atoms with Crippen molar-refractivity contribution in [1.29, 1.82) is 0 Å². The zero-order valence-corrected chi connectivity index (χ0v) is 13.8. The van der Waals surface area contributed by atoms with E-state index < -0.39 is 0 Å². The van der Waals surface area contributed by atoms with Gasteiger partial charge >= 0.3 is 0 Å². The highest BCUT2D eigenvalue weighted by Gasteiger charge is 2.15. The molecule has 2 unspecified atom stereocenters. The largest absolute Gasteiger partial charge is 0.497 e. The Morgan fingerprint density at radius 1 is 1.10 bits per heavy atom. The Labute approximate surface area is 124 Å². The van der Waals surface area contributed by atoms with Gasteiger partial charge in [-0.2, -0.15) is 0 Å². The number of ether oxygens (including phenoxy) is 1. The van der Waals surface area contributed by atoms with Gasteiger partial charge < -0.3 is 15.0 Å². The second-order valence-corrected chi connectivity index (χ2v) is 6.25. The number of methoxy groups -OCH3 is 1. The lowest BCUT2D eigenvalue weighted by atomic mass is 10.0. The third kappa shape index (κ3) is 5.93. The molecule has 1 N–H and O–H groups in total. The molecule has 1 rings (SSSR count). The molecular weight excluding hydrogens is 248 g/mol. The van der Waals surface area contributed by atoms with E-state index in [1.807, 2.05) is 12.1 Å². The predicted molar refractivity (Wildman–Crippen MR) is 86.3 cm³/mol. The standard InChI is InChI=1S/C17H30N2O/c1-13(2)11-16(12-19(4)5)18-14(3)15-7-9-17(20-6)10-8-15/h7-10,13-14,16,18H,11-12H2,1-6H3. The van der Waals surface area contributed by atoms with Crippen molar-refractivity contribution in [2.24, 2.45) is 5.92 Å². The summed E-state index contributed by atoms with van der Waals surface area (Å²) in [4.78, 5) is 2.25. The molecule has 0 aliphatic carbocycles. The number of rotatable bonds is 8. The lowest BCUT2D eigenvalue weighted by Crippen LogP contribution is -2.40. The van der Waals surface area contributed by atoms with E-state index in [2.05, 4.69) is 57.2 Å². The van der Waals surface area contributed by atoms with Gasteiger partial charge in [-0.15, -0.1) is 0 Å². The Morgan fingerprint density at radius 3 is 2.15 bits per heavy atom. The molecule has 0 heterocycles. The molecule has 2 atom stereocenters. The number of hydrogen-bond donors (Lipinski definition) is 1. The molecule has 0 saturated carbocycles. The van der Waals surface area contributed by atoms with E-state index in [-0.39, 0.29) is 0 Å². The molecule has 3 heteroatoms. The molecule has 0 bridgehead atoms. The molecular formula is C17H30N2O.